The van der Waals surface area contributed by atoms with Gasteiger partial charge in [-0.25, -0.2) is 9.98 Å². The predicted molar refractivity (Wildman–Crippen MR) is 224 cm³/mol. The number of fused-ring (bicyclic) bond motifs is 6. The van der Waals surface area contributed by atoms with E-state index >= 15 is 0 Å². The predicted octanol–water partition coefficient (Wildman–Crippen LogP) is 7.02. The minimum Gasteiger partial charge on any atom is -0.354 e. The number of nitrogens with one attached hydrogen (secondary N) is 2. The van der Waals surface area contributed by atoms with E-state index in [0.717, 1.165) is 22.3 Å². The number of nitro benzene ring substituents is 4. The first-order chi connectivity index (χ1) is 29.0. The fourth-order valence-electron chi connectivity index (χ4n) is 8.15. The van der Waals surface area contributed by atoms with Gasteiger partial charge in [-0.1, -0.05) is 0 Å². The van der Waals surface area contributed by atoms with Crippen LogP contribution in [-0.2, 0) is 0 Å². The zero-order valence-electron chi connectivity index (χ0n) is 31.2. The van der Waals surface area contributed by atoms with Crippen molar-refractivity contribution in [2.45, 2.75) is 24.9 Å². The van der Waals surface area contributed by atoms with Gasteiger partial charge in [0, 0.05) is 93.6 Å². The highest BCUT2D eigenvalue weighted by Gasteiger charge is 2.34. The minimum atomic E-state index is -0.469. The zero-order chi connectivity index (χ0) is 41.7. The summed E-state index contributed by atoms with van der Waals surface area (Å²) >= 11 is 0. The van der Waals surface area contributed by atoms with Crippen LogP contribution in [0.5, 0.6) is 0 Å². The van der Waals surface area contributed by atoms with E-state index in [0.29, 0.717) is 68.6 Å². The van der Waals surface area contributed by atoms with E-state index in [2.05, 4.69) is 10.3 Å². The molecule has 1 aromatic heterocycles. The van der Waals surface area contributed by atoms with Crippen molar-refractivity contribution in [1.29, 1.82) is 0 Å². The summed E-state index contributed by atoms with van der Waals surface area (Å²) in [6.07, 6.45) is 8.75. The largest absolute Gasteiger partial charge is 0.354 e. The maximum absolute atomic E-state index is 11.6. The molecule has 1 fully saturated rings. The van der Waals surface area contributed by atoms with Crippen molar-refractivity contribution in [1.82, 2.24) is 10.3 Å². The number of nitro groups is 4. The van der Waals surface area contributed by atoms with Gasteiger partial charge in [-0.2, -0.15) is 0 Å². The summed E-state index contributed by atoms with van der Waals surface area (Å²) < 4.78 is 0. The Balaban J connectivity index is 1.35. The van der Waals surface area contributed by atoms with E-state index in [-0.39, 0.29) is 34.8 Å². The van der Waals surface area contributed by atoms with Crippen molar-refractivity contribution in [2.75, 3.05) is 0 Å². The second kappa shape index (κ2) is 14.9. The monoisotopic (exact) mass is 798 g/mol. The van der Waals surface area contributed by atoms with E-state index < -0.39 is 19.7 Å². The van der Waals surface area contributed by atoms with Gasteiger partial charge < -0.3 is 10.3 Å². The first kappa shape index (κ1) is 37.3. The molecule has 4 aliphatic heterocycles. The van der Waals surface area contributed by atoms with Gasteiger partial charge in [0.15, 0.2) is 0 Å². The SMILES string of the molecule is O=[N+]([O-])c1ccc(/C2=C3\C=CC(=N3)/C(c3ccc([N+](=O)[O-])cc3)=c3/cc/c([nH]3)=C(\c3ccc([N+](=O)[O-])cc3)C3=N/C(=C(/c4ccc([N+](=O)[O-])cc4)C4CCC2N4)C=C3)cc1. The van der Waals surface area contributed by atoms with Crippen LogP contribution in [0.1, 0.15) is 35.1 Å². The van der Waals surface area contributed by atoms with Crippen molar-refractivity contribution < 1.29 is 19.7 Å². The Kier molecular flexibility index (Phi) is 9.29. The fourth-order valence-corrected chi connectivity index (χ4v) is 8.15. The topological polar surface area (TPSA) is 225 Å². The molecule has 2 atom stereocenters. The number of aromatic nitrogens is 1. The molecule has 0 spiro atoms. The van der Waals surface area contributed by atoms with E-state index in [1.807, 2.05) is 36.4 Å². The average Bonchev–Trinajstić information content (AvgIpc) is 4.10. The first-order valence-electron chi connectivity index (χ1n) is 18.7. The number of hydrogen-bond donors (Lipinski definition) is 2. The molecule has 2 unspecified atom stereocenters. The van der Waals surface area contributed by atoms with Crippen LogP contribution < -0.4 is 16.0 Å². The summed E-state index contributed by atoms with van der Waals surface area (Å²) in [7, 11) is 0. The number of nitrogens with zero attached hydrogens (tertiary/aromatic N) is 6. The van der Waals surface area contributed by atoms with Crippen molar-refractivity contribution in [3.63, 3.8) is 0 Å². The lowest BCUT2D eigenvalue weighted by molar-refractivity contribution is -0.385. The molecular formula is C44H30N8O8. The van der Waals surface area contributed by atoms with Crippen LogP contribution in [0.2, 0.25) is 0 Å². The molecule has 16 nitrogen and oxygen atoms in total. The Morgan fingerprint density at radius 1 is 0.433 bits per heavy atom. The average molecular weight is 799 g/mol. The number of benzene rings is 4. The summed E-state index contributed by atoms with van der Waals surface area (Å²) in [5.74, 6) is 0. The lowest BCUT2D eigenvalue weighted by Gasteiger charge is -2.22. The van der Waals surface area contributed by atoms with Crippen LogP contribution in [-0.4, -0.2) is 48.2 Å². The van der Waals surface area contributed by atoms with E-state index in [4.69, 9.17) is 9.98 Å². The molecule has 2 N–H and O–H groups in total. The summed E-state index contributed by atoms with van der Waals surface area (Å²) in [6.45, 7) is 0. The molecule has 16 heteroatoms. The quantitative estimate of drug-likeness (QED) is 0.121. The number of rotatable bonds is 8. The van der Waals surface area contributed by atoms with Crippen molar-refractivity contribution in [3.8, 4) is 0 Å². The van der Waals surface area contributed by atoms with Crippen molar-refractivity contribution in [3.05, 3.63) is 218 Å². The number of H-pyrrole nitrogens is 1. The Bertz CT molecular complexity index is 2790. The molecular weight excluding hydrogens is 769 g/mol. The molecule has 4 aliphatic rings. The lowest BCUT2D eigenvalue weighted by Crippen LogP contribution is -2.32. The molecule has 0 radical (unpaired) electrons. The van der Waals surface area contributed by atoms with Crippen molar-refractivity contribution >= 4 is 56.5 Å². The number of allylic oxidation sites excluding steroid dienone is 4. The molecule has 0 amide bonds. The van der Waals surface area contributed by atoms with Gasteiger partial charge in [0.05, 0.1) is 42.5 Å². The third-order valence-corrected chi connectivity index (χ3v) is 10.9. The molecule has 5 aromatic rings. The third kappa shape index (κ3) is 6.81. The molecule has 5 heterocycles. The molecule has 4 aromatic carbocycles. The van der Waals surface area contributed by atoms with Crippen LogP contribution in [0.3, 0.4) is 0 Å². The Morgan fingerprint density at radius 3 is 1.07 bits per heavy atom. The highest BCUT2D eigenvalue weighted by molar-refractivity contribution is 6.31. The second-order valence-electron chi connectivity index (χ2n) is 14.4. The molecule has 1 saturated heterocycles. The Morgan fingerprint density at radius 2 is 0.750 bits per heavy atom. The van der Waals surface area contributed by atoms with E-state index in [1.165, 1.54) is 48.5 Å². The number of aliphatic imine (C=N–C) groups is 2. The summed E-state index contributed by atoms with van der Waals surface area (Å²) in [5.41, 5.74) is 7.65. The normalized spacial score (nSPS) is 22.4. The molecule has 8 bridgehead atoms. The number of aromatic amines is 1. The number of hydrogen-bond acceptors (Lipinski definition) is 11. The maximum atomic E-state index is 11.6. The van der Waals surface area contributed by atoms with Crippen LogP contribution >= 0.6 is 0 Å². The summed E-state index contributed by atoms with van der Waals surface area (Å²) in [5, 5.41) is 51.6. The highest BCUT2D eigenvalue weighted by Crippen LogP contribution is 2.39. The van der Waals surface area contributed by atoms with Gasteiger partial charge in [0.2, 0.25) is 0 Å². The van der Waals surface area contributed by atoms with E-state index in [9.17, 15) is 40.5 Å². The van der Waals surface area contributed by atoms with Crippen LogP contribution in [0.4, 0.5) is 22.7 Å². The third-order valence-electron chi connectivity index (χ3n) is 10.9. The second-order valence-corrected chi connectivity index (χ2v) is 14.4. The maximum Gasteiger partial charge on any atom is 0.269 e. The van der Waals surface area contributed by atoms with Crippen LogP contribution in [0.25, 0.3) is 22.3 Å². The number of non-ortho nitro benzene ring substituents is 4. The molecule has 60 heavy (non-hydrogen) atoms. The van der Waals surface area contributed by atoms with E-state index in [1.54, 1.807) is 48.5 Å². The van der Waals surface area contributed by atoms with Gasteiger partial charge in [-0.3, -0.25) is 40.5 Å². The highest BCUT2D eigenvalue weighted by atomic mass is 16.6. The minimum absolute atomic E-state index is 0.0610. The Labute approximate surface area is 338 Å². The van der Waals surface area contributed by atoms with Gasteiger partial charge in [-0.15, -0.1) is 0 Å². The zero-order valence-corrected chi connectivity index (χ0v) is 31.2. The smallest absolute Gasteiger partial charge is 0.269 e. The lowest BCUT2D eigenvalue weighted by atomic mass is 9.94. The fraction of sp³-hybridized carbons (Fsp3) is 0.0909. The van der Waals surface area contributed by atoms with Gasteiger partial charge in [0.25, 0.3) is 22.7 Å². The first-order valence-corrected chi connectivity index (χ1v) is 18.7. The standard InChI is InChI=1S/C44H30N8O8/c53-49(54)29-9-1-25(2-10-29)41-33-17-19-35(45-33)42(26-3-11-30(12-4-26)50(55)56)37-21-23-39(47-37)44(28-7-15-32(16-8-28)52(59)60)40-24-22-38(48-40)43(36-20-18-34(41)46-36)27-5-13-31(14-6-27)51(57)58/h1-21,23,38,40,45,48H,22,24H2/b41-33-,42-35-,43-36-,44-39-. The summed E-state index contributed by atoms with van der Waals surface area (Å²) in [4.78, 5) is 58.6. The molecule has 0 aliphatic carbocycles. The molecule has 294 valence electrons. The molecule has 9 rings (SSSR count). The van der Waals surface area contributed by atoms with Crippen LogP contribution in [0.15, 0.2) is 155 Å². The molecule has 0 saturated carbocycles. The van der Waals surface area contributed by atoms with Crippen LogP contribution in [0, 0.1) is 40.5 Å². The van der Waals surface area contributed by atoms with Gasteiger partial charge in [0.1, 0.15) is 0 Å². The summed E-state index contributed by atoms with van der Waals surface area (Å²) in [6, 6.07) is 28.1. The van der Waals surface area contributed by atoms with Crippen molar-refractivity contribution in [2.24, 2.45) is 9.98 Å². The van der Waals surface area contributed by atoms with Gasteiger partial charge >= 0.3 is 0 Å². The Hall–Kier alpha value is -8.24. The van der Waals surface area contributed by atoms with Gasteiger partial charge in [-0.05, 0) is 120 Å².